The topological polar surface area (TPSA) is 261 Å². The fraction of sp³-hybridized carbons (Fsp3) is 0.382. The molecule has 14 rings (SSSR count). The Balaban J connectivity index is 0.000000244. The number of hydrogen-bond donors (Lipinski definition) is 5. The summed E-state index contributed by atoms with van der Waals surface area (Å²) < 4.78 is 63.5. The quantitative estimate of drug-likeness (QED) is 0.00782. The average molecular weight is 2070 g/mol. The van der Waals surface area contributed by atoms with Crippen LogP contribution in [0.3, 0.4) is 0 Å². The number of anilines is 3. The van der Waals surface area contributed by atoms with E-state index in [1.165, 1.54) is 132 Å². The molecule has 0 amide bonds. The van der Waals surface area contributed by atoms with Crippen molar-refractivity contribution in [2.75, 3.05) is 169 Å². The molecule has 147 heavy (non-hydrogen) atoms. The second-order valence-corrected chi connectivity index (χ2v) is 43.5. The molecule has 792 valence electrons. The second kappa shape index (κ2) is 69.7. The maximum atomic E-state index is 8.63. The number of aromatic nitrogens is 2. The van der Waals surface area contributed by atoms with Gasteiger partial charge >= 0.3 is 0 Å². The molecule has 1 heterocycles. The lowest BCUT2D eigenvalue weighted by molar-refractivity contribution is -0.519. The molecule has 1 saturated carbocycles. The number of allylic oxidation sites excluding steroid dienone is 8. The van der Waals surface area contributed by atoms with E-state index in [1.807, 2.05) is 30.5 Å². The predicted molar refractivity (Wildman–Crippen MR) is 622 cm³/mol. The molecule has 10 aromatic carbocycles. The lowest BCUT2D eigenvalue weighted by Crippen LogP contribution is -2.45. The highest BCUT2D eigenvalue weighted by Crippen LogP contribution is 2.45. The van der Waals surface area contributed by atoms with E-state index in [1.54, 1.807) is 0 Å². The molecule has 9 N–H and O–H groups in total. The van der Waals surface area contributed by atoms with Gasteiger partial charge < -0.3 is 70.4 Å². The number of unbranched alkanes of at least 4 members (excludes halogenated alkanes) is 2. The smallest absolute Gasteiger partial charge is 0.215 e. The van der Waals surface area contributed by atoms with Crippen molar-refractivity contribution in [2.45, 2.75) is 185 Å². The average Bonchev–Trinajstić information content (AvgIpc) is 0.991. The minimum absolute atomic E-state index is 0.123. The highest BCUT2D eigenvalue weighted by Gasteiger charge is 2.39. The molecule has 3 aliphatic rings. The normalized spacial score (nSPS) is 14.7. The Kier molecular flexibility index (Phi) is 58.5. The summed E-state index contributed by atoms with van der Waals surface area (Å²) in [6.45, 7) is 36.4. The molecule has 0 aliphatic heterocycles. The lowest BCUT2D eigenvalue weighted by Gasteiger charge is -2.45. The standard InChI is InChI=1S/C36H28S3.C27H33N2.C25H31N3.C11H25NO3.C10H22N2.C7H12N2.C7H17NO2.H2O4S/c1-5-13-31(14-6-1)38(32-15-7-2-8-16-32)35-25-21-29(22-26-35)37-30-23-27-36(28-24-30)39(33-17-9-3-10-18-33)34-19-11-4-12-20-34;1-5-28(6-2)25-18-14-23(15-19-25)27(22-12-10-9-11-13-22)24-16-20-26(21-17-24)29(7-3)8-4;1-26(2)22-13-7-19(8-14-22)25(20-9-15-23(16-10-20)27(3)4)21-11-17-24(18-12-21)28(5)6;1-2-3-6-13-8-10-15-11-9-14-7-4-5-12;1-9(2)4-8(12)5-10(3,6-9)7-11;1-2-3-5-9-6-4-8-7-9;1-2-4-9-6-7-10-5-3-8;1-5(2,3)4/h1-28H;9-21H,5-8H2,1-4H3;7-18,22H,1-6H3;2-12H2,1H3;8H,4-7,11-12H2,1-3H3;4,6-7H,2-3,5H2,1H3;2-8H2,1H3;(H2,1,2,3,4)/q+2;+1;;;;;;/p-1. The van der Waals surface area contributed by atoms with Gasteiger partial charge in [0, 0.05) is 138 Å². The van der Waals surface area contributed by atoms with Gasteiger partial charge in [0.1, 0.15) is 13.1 Å². The first-order chi connectivity index (χ1) is 71.1. The third-order valence-electron chi connectivity index (χ3n) is 24.2. The zero-order chi connectivity index (χ0) is 106. The Labute approximate surface area is 892 Å². The molecule has 2 atom stereocenters. The van der Waals surface area contributed by atoms with Gasteiger partial charge in [-0.1, -0.05) is 230 Å². The van der Waals surface area contributed by atoms with Gasteiger partial charge in [0.15, 0.2) is 35.1 Å². The van der Waals surface area contributed by atoms with E-state index in [0.29, 0.717) is 76.8 Å². The zero-order valence-corrected chi connectivity index (χ0v) is 93.6. The molecule has 0 saturated heterocycles. The second-order valence-electron chi connectivity index (χ2n) is 37.4. The molecule has 1 aromatic heterocycles. The van der Waals surface area contributed by atoms with Gasteiger partial charge in [-0.15, -0.1) is 0 Å². The fourth-order valence-electron chi connectivity index (χ4n) is 17.0. The number of benzene rings is 10. The van der Waals surface area contributed by atoms with Crippen molar-refractivity contribution in [3.8, 4) is 0 Å². The van der Waals surface area contributed by atoms with E-state index in [4.69, 9.17) is 64.1 Å². The first kappa shape index (κ1) is 123. The summed E-state index contributed by atoms with van der Waals surface area (Å²) in [6.07, 6.45) is 33.9. The number of nitrogens with zero attached hydrogens (tertiary/aromatic N) is 7. The van der Waals surface area contributed by atoms with Crippen LogP contribution in [0.15, 0.2) is 391 Å². The largest absolute Gasteiger partial charge is 0.726 e. The number of nitrogens with two attached hydrogens (primary N) is 4. The molecule has 1 fully saturated rings. The maximum absolute atomic E-state index is 8.63. The van der Waals surface area contributed by atoms with Crippen LogP contribution in [-0.4, -0.2) is 209 Å². The number of likely N-dealkylation sites (N-methyl/N-ethyl adjacent to an activating group) is 1. The van der Waals surface area contributed by atoms with Crippen LogP contribution in [0, 0.1) is 10.8 Å². The van der Waals surface area contributed by atoms with E-state index in [9.17, 15) is 0 Å². The van der Waals surface area contributed by atoms with Crippen molar-refractivity contribution in [3.63, 3.8) is 0 Å². The lowest BCUT2D eigenvalue weighted by atomic mass is 9.63. The molecule has 11 aromatic rings. The van der Waals surface area contributed by atoms with Crippen LogP contribution in [-0.2, 0) is 62.4 Å². The molecule has 0 radical (unpaired) electrons. The molecule has 0 bridgehead atoms. The Morgan fingerprint density at radius 2 is 0.816 bits per heavy atom. The summed E-state index contributed by atoms with van der Waals surface area (Å²) in [5, 5.41) is 0. The van der Waals surface area contributed by atoms with Gasteiger partial charge in [0.05, 0.1) is 74.4 Å². The van der Waals surface area contributed by atoms with E-state index in [0.717, 1.165) is 91.2 Å². The molecule has 24 heteroatoms. The van der Waals surface area contributed by atoms with Crippen molar-refractivity contribution in [1.29, 1.82) is 0 Å². The highest BCUT2D eigenvalue weighted by atomic mass is 32.3. The van der Waals surface area contributed by atoms with Gasteiger partial charge in [-0.25, -0.2) is 18.0 Å². The van der Waals surface area contributed by atoms with E-state index < -0.39 is 10.4 Å². The van der Waals surface area contributed by atoms with Crippen LogP contribution in [0.5, 0.6) is 0 Å². The first-order valence-corrected chi connectivity index (χ1v) is 56.6. The Hall–Kier alpha value is -10.6. The van der Waals surface area contributed by atoms with E-state index >= 15 is 0 Å². The van der Waals surface area contributed by atoms with Gasteiger partial charge in [0.2, 0.25) is 10.4 Å². The summed E-state index contributed by atoms with van der Waals surface area (Å²) in [7, 11) is 7.34. The molecule has 2 unspecified atom stereocenters. The van der Waals surface area contributed by atoms with Gasteiger partial charge in [-0.3, -0.25) is 9.45 Å². The van der Waals surface area contributed by atoms with Crippen LogP contribution in [0.2, 0.25) is 0 Å². The van der Waals surface area contributed by atoms with Crippen LogP contribution >= 0.6 is 11.8 Å². The van der Waals surface area contributed by atoms with Crippen LogP contribution in [0.4, 0.5) is 17.1 Å². The summed E-state index contributed by atoms with van der Waals surface area (Å²) in [4.78, 5) is 23.3. The van der Waals surface area contributed by atoms with Crippen molar-refractivity contribution >= 4 is 77.9 Å². The summed E-state index contributed by atoms with van der Waals surface area (Å²) in [6, 6.07) is 99.5. The third-order valence-corrected chi connectivity index (χ3v) is 29.7. The monoisotopic (exact) mass is 2070 g/mol. The van der Waals surface area contributed by atoms with E-state index in [-0.39, 0.29) is 27.2 Å². The summed E-state index contributed by atoms with van der Waals surface area (Å²) in [5.41, 5.74) is 37.9. The van der Waals surface area contributed by atoms with Gasteiger partial charge in [-0.2, -0.15) is 0 Å². The highest BCUT2D eigenvalue weighted by molar-refractivity contribution is 7.99. The molecule has 20 nitrogen and oxygen atoms in total. The summed E-state index contributed by atoms with van der Waals surface area (Å²) in [5.74, 6) is 0. The van der Waals surface area contributed by atoms with Crippen molar-refractivity contribution in [1.82, 2.24) is 14.5 Å². The first-order valence-electron chi connectivity index (χ1n) is 52.0. The Bertz CT molecular complexity index is 5420. The Morgan fingerprint density at radius 1 is 0.449 bits per heavy atom. The summed E-state index contributed by atoms with van der Waals surface area (Å²) >= 11 is 1.82. The number of aryl methyl sites for hydroxylation is 1. The van der Waals surface area contributed by atoms with Crippen LogP contribution in [0.25, 0.3) is 11.1 Å². The number of imidazole rings is 1. The van der Waals surface area contributed by atoms with Crippen molar-refractivity contribution in [2.24, 2.45) is 33.8 Å². The Morgan fingerprint density at radius 3 is 1.16 bits per heavy atom. The molecular formula is C123H169N11O9S4+2. The van der Waals surface area contributed by atoms with Crippen LogP contribution < -0.4 is 37.6 Å². The fourth-order valence-corrected chi connectivity index (χ4v) is 22.0. The SMILES string of the molecule is CC1(C)CC(N)CC(C)(CN)C1.CCCCOCCOCCOCCCN.CCCCn1ccnc1.CCCOCCOCCN.CCN(CC)c1ccc(C(=C2C=CC(=[N+](CC)CC)C=C2)c2ccccc2)cc1.CN(C)c1ccc(C(=C2C=CC(N(C)C)C=C2)c2ccc(N(C)C)cc2)cc1.O=S(=O)([O-])O.c1ccc([S+](c2ccccc2)c2ccc(Sc3ccc([S+](c4ccccc4)c4ccccc4)cc3)cc2)cc1. The van der Waals surface area contributed by atoms with Crippen molar-refractivity contribution in [3.05, 3.63) is 374 Å². The maximum Gasteiger partial charge on any atom is 0.215 e. The number of hydrogen-bond acceptors (Lipinski definition) is 18. The number of ether oxygens (including phenoxy) is 5. The minimum atomic E-state index is -4.92. The van der Waals surface area contributed by atoms with E-state index in [2.05, 4.69) is 467 Å². The third kappa shape index (κ3) is 46.2. The van der Waals surface area contributed by atoms with Gasteiger partial charge in [-0.05, 0) is 301 Å². The van der Waals surface area contributed by atoms with Gasteiger partial charge in [0.25, 0.3) is 0 Å². The zero-order valence-electron chi connectivity index (χ0n) is 90.4. The van der Waals surface area contributed by atoms with Crippen LogP contribution in [0.1, 0.15) is 149 Å². The number of rotatable bonds is 43. The molecular weight excluding hydrogens is 1900 g/mol. The van der Waals surface area contributed by atoms with Crippen molar-refractivity contribution < 1.29 is 45.8 Å². The molecule has 3 aliphatic carbocycles. The molecule has 0 spiro atoms. The predicted octanol–water partition coefficient (Wildman–Crippen LogP) is 24.4. The minimum Gasteiger partial charge on any atom is -0.726 e.